The molecule has 2 aromatic heterocycles. The standard InChI is InChI=1S/C14H19N3S2/c1-9(2)16-12(13-15-7-8-18-13)14-17-10-5-3-4-6-11(10)19-14/h7-9,12,16H,3-6H2,1-2H3. The van der Waals surface area contributed by atoms with E-state index >= 15 is 0 Å². The molecule has 0 amide bonds. The molecule has 0 aromatic carbocycles. The van der Waals surface area contributed by atoms with Gasteiger partial charge in [0.25, 0.3) is 0 Å². The Balaban J connectivity index is 1.92. The predicted molar refractivity (Wildman–Crippen MR) is 81.0 cm³/mol. The summed E-state index contributed by atoms with van der Waals surface area (Å²) in [5.41, 5.74) is 1.33. The maximum Gasteiger partial charge on any atom is 0.117 e. The summed E-state index contributed by atoms with van der Waals surface area (Å²) in [5, 5.41) is 7.96. The molecule has 5 heteroatoms. The van der Waals surface area contributed by atoms with Crippen molar-refractivity contribution in [1.29, 1.82) is 0 Å². The van der Waals surface area contributed by atoms with Crippen molar-refractivity contribution in [3.8, 4) is 0 Å². The fraction of sp³-hybridized carbons (Fsp3) is 0.571. The van der Waals surface area contributed by atoms with Crippen molar-refractivity contribution >= 4 is 22.7 Å². The normalized spacial score (nSPS) is 16.6. The lowest BCUT2D eigenvalue weighted by Crippen LogP contribution is -2.28. The molecule has 1 aliphatic rings. The Labute approximate surface area is 122 Å². The maximum atomic E-state index is 4.88. The summed E-state index contributed by atoms with van der Waals surface area (Å²) in [6.45, 7) is 4.35. The average Bonchev–Trinajstić information content (AvgIpc) is 3.04. The van der Waals surface area contributed by atoms with E-state index in [1.54, 1.807) is 11.3 Å². The van der Waals surface area contributed by atoms with Gasteiger partial charge in [0, 0.05) is 22.5 Å². The van der Waals surface area contributed by atoms with E-state index in [0.29, 0.717) is 6.04 Å². The van der Waals surface area contributed by atoms with Gasteiger partial charge >= 0.3 is 0 Å². The number of aryl methyl sites for hydroxylation is 2. The first-order valence-electron chi connectivity index (χ1n) is 6.88. The molecule has 0 aliphatic heterocycles. The molecule has 0 fully saturated rings. The third-order valence-electron chi connectivity index (χ3n) is 3.31. The van der Waals surface area contributed by atoms with Crippen molar-refractivity contribution in [3.63, 3.8) is 0 Å². The van der Waals surface area contributed by atoms with Gasteiger partial charge in [-0.1, -0.05) is 0 Å². The molecule has 1 N–H and O–H groups in total. The second kappa shape index (κ2) is 5.69. The van der Waals surface area contributed by atoms with Crippen molar-refractivity contribution in [1.82, 2.24) is 15.3 Å². The first-order valence-corrected chi connectivity index (χ1v) is 8.57. The van der Waals surface area contributed by atoms with E-state index in [2.05, 4.69) is 24.1 Å². The molecular weight excluding hydrogens is 274 g/mol. The van der Waals surface area contributed by atoms with Crippen molar-refractivity contribution in [2.24, 2.45) is 0 Å². The number of hydrogen-bond donors (Lipinski definition) is 1. The first kappa shape index (κ1) is 13.2. The molecular formula is C14H19N3S2. The largest absolute Gasteiger partial charge is 0.300 e. The minimum Gasteiger partial charge on any atom is -0.300 e. The highest BCUT2D eigenvalue weighted by Crippen LogP contribution is 2.33. The van der Waals surface area contributed by atoms with Crippen LogP contribution >= 0.6 is 22.7 Å². The van der Waals surface area contributed by atoms with Crippen LogP contribution in [0.2, 0.25) is 0 Å². The summed E-state index contributed by atoms with van der Waals surface area (Å²) >= 11 is 3.58. The number of rotatable bonds is 4. The Kier molecular flexibility index (Phi) is 3.96. The van der Waals surface area contributed by atoms with Crippen LogP contribution < -0.4 is 5.32 Å². The molecule has 1 unspecified atom stereocenters. The van der Waals surface area contributed by atoms with Crippen molar-refractivity contribution < 1.29 is 0 Å². The number of nitrogens with one attached hydrogen (secondary N) is 1. The summed E-state index contributed by atoms with van der Waals surface area (Å²) < 4.78 is 0. The van der Waals surface area contributed by atoms with Gasteiger partial charge in [-0.05, 0) is 39.5 Å². The van der Waals surface area contributed by atoms with Gasteiger partial charge in [0.05, 0.1) is 5.69 Å². The molecule has 2 aromatic rings. The summed E-state index contributed by atoms with van der Waals surface area (Å²) in [4.78, 5) is 10.9. The van der Waals surface area contributed by atoms with Crippen LogP contribution in [0.1, 0.15) is 53.3 Å². The van der Waals surface area contributed by atoms with E-state index in [-0.39, 0.29) is 6.04 Å². The van der Waals surface area contributed by atoms with Crippen molar-refractivity contribution in [3.05, 3.63) is 32.2 Å². The second-order valence-corrected chi connectivity index (χ2v) is 7.30. The van der Waals surface area contributed by atoms with E-state index in [4.69, 9.17) is 4.98 Å². The highest BCUT2D eigenvalue weighted by atomic mass is 32.1. The molecule has 0 saturated heterocycles. The molecule has 0 radical (unpaired) electrons. The van der Waals surface area contributed by atoms with Crippen molar-refractivity contribution in [2.45, 2.75) is 51.6 Å². The van der Waals surface area contributed by atoms with Gasteiger partial charge in [0.1, 0.15) is 16.1 Å². The van der Waals surface area contributed by atoms with E-state index < -0.39 is 0 Å². The van der Waals surface area contributed by atoms with Gasteiger partial charge in [-0.3, -0.25) is 0 Å². The molecule has 3 rings (SSSR count). The first-order chi connectivity index (χ1) is 9.24. The maximum absolute atomic E-state index is 4.88. The van der Waals surface area contributed by atoms with Crippen LogP contribution in [-0.4, -0.2) is 16.0 Å². The highest BCUT2D eigenvalue weighted by molar-refractivity contribution is 7.12. The molecule has 0 saturated carbocycles. The van der Waals surface area contributed by atoms with E-state index in [1.807, 2.05) is 22.9 Å². The number of nitrogens with zero attached hydrogens (tertiary/aromatic N) is 2. The molecule has 1 aliphatic carbocycles. The SMILES string of the molecule is CC(C)NC(c1nccs1)c1nc2c(s1)CCCC2. The average molecular weight is 293 g/mol. The number of aromatic nitrogens is 2. The van der Waals surface area contributed by atoms with E-state index in [1.165, 1.54) is 34.8 Å². The van der Waals surface area contributed by atoms with Crippen LogP contribution in [-0.2, 0) is 12.8 Å². The summed E-state index contributed by atoms with van der Waals surface area (Å²) in [5.74, 6) is 0. The van der Waals surface area contributed by atoms with Gasteiger partial charge in [-0.25, -0.2) is 9.97 Å². The van der Waals surface area contributed by atoms with E-state index in [0.717, 1.165) is 11.4 Å². The Morgan fingerprint density at radius 3 is 2.74 bits per heavy atom. The number of hydrogen-bond acceptors (Lipinski definition) is 5. The minimum atomic E-state index is 0.163. The molecule has 0 spiro atoms. The Morgan fingerprint density at radius 2 is 2.05 bits per heavy atom. The fourth-order valence-electron chi connectivity index (χ4n) is 2.45. The predicted octanol–water partition coefficient (Wildman–Crippen LogP) is 3.57. The van der Waals surface area contributed by atoms with Gasteiger partial charge < -0.3 is 5.32 Å². The summed E-state index contributed by atoms with van der Waals surface area (Å²) in [7, 11) is 0. The molecule has 1 atom stereocenters. The van der Waals surface area contributed by atoms with Crippen LogP contribution in [0.15, 0.2) is 11.6 Å². The quantitative estimate of drug-likeness (QED) is 0.936. The van der Waals surface area contributed by atoms with Crippen LogP contribution in [0.25, 0.3) is 0 Å². The molecule has 2 heterocycles. The minimum absolute atomic E-state index is 0.163. The lowest BCUT2D eigenvalue weighted by atomic mass is 10.0. The molecule has 102 valence electrons. The monoisotopic (exact) mass is 293 g/mol. The van der Waals surface area contributed by atoms with Crippen LogP contribution in [0.3, 0.4) is 0 Å². The van der Waals surface area contributed by atoms with Crippen LogP contribution in [0.4, 0.5) is 0 Å². The third-order valence-corrected chi connectivity index (χ3v) is 5.37. The fourth-order valence-corrected chi connectivity index (χ4v) is 4.44. The Hall–Kier alpha value is -0.780. The van der Waals surface area contributed by atoms with E-state index in [9.17, 15) is 0 Å². The van der Waals surface area contributed by atoms with Crippen LogP contribution in [0, 0.1) is 0 Å². The van der Waals surface area contributed by atoms with Gasteiger partial charge in [-0.15, -0.1) is 22.7 Å². The highest BCUT2D eigenvalue weighted by Gasteiger charge is 2.24. The zero-order valence-corrected chi connectivity index (χ0v) is 13.0. The Bertz CT molecular complexity index is 507. The smallest absolute Gasteiger partial charge is 0.117 e. The topological polar surface area (TPSA) is 37.8 Å². The third kappa shape index (κ3) is 2.88. The van der Waals surface area contributed by atoms with Gasteiger partial charge in [0.2, 0.25) is 0 Å². The second-order valence-electron chi connectivity index (χ2n) is 5.25. The lowest BCUT2D eigenvalue weighted by Gasteiger charge is -2.16. The van der Waals surface area contributed by atoms with Crippen molar-refractivity contribution in [2.75, 3.05) is 0 Å². The zero-order chi connectivity index (χ0) is 13.2. The molecule has 19 heavy (non-hydrogen) atoms. The lowest BCUT2D eigenvalue weighted by molar-refractivity contribution is 0.524. The molecule has 3 nitrogen and oxygen atoms in total. The van der Waals surface area contributed by atoms with Crippen LogP contribution in [0.5, 0.6) is 0 Å². The van der Waals surface area contributed by atoms with Gasteiger partial charge in [0.15, 0.2) is 0 Å². The summed E-state index contributed by atoms with van der Waals surface area (Å²) in [6, 6.07) is 0.588. The summed E-state index contributed by atoms with van der Waals surface area (Å²) in [6.07, 6.45) is 6.84. The number of fused-ring (bicyclic) bond motifs is 1. The zero-order valence-electron chi connectivity index (χ0n) is 11.3. The number of thiazole rings is 2. The molecule has 0 bridgehead atoms. The van der Waals surface area contributed by atoms with Gasteiger partial charge in [-0.2, -0.15) is 0 Å². The Morgan fingerprint density at radius 1 is 1.21 bits per heavy atom.